The average molecular weight is 386 g/mol. The number of rotatable bonds is 0. The summed E-state index contributed by atoms with van der Waals surface area (Å²) in [7, 11) is 0. The fourth-order valence-electron chi connectivity index (χ4n) is 5.43. The second kappa shape index (κ2) is 9.66. The fourth-order valence-corrected chi connectivity index (χ4v) is 5.43. The molecular formula is C23H39N5. The molecule has 5 nitrogen and oxygen atoms in total. The van der Waals surface area contributed by atoms with Gasteiger partial charge in [-0.2, -0.15) is 0 Å². The lowest BCUT2D eigenvalue weighted by molar-refractivity contribution is 0.254. The van der Waals surface area contributed by atoms with Gasteiger partial charge in [0.2, 0.25) is 0 Å². The first-order valence-corrected chi connectivity index (χ1v) is 11.7. The van der Waals surface area contributed by atoms with Crippen LogP contribution in [-0.2, 0) is 0 Å². The minimum atomic E-state index is 0.283. The molecule has 4 rings (SSSR count). The van der Waals surface area contributed by atoms with Crippen LogP contribution in [0.15, 0.2) is 18.2 Å². The molecular weight excluding hydrogens is 346 g/mol. The summed E-state index contributed by atoms with van der Waals surface area (Å²) in [4.78, 5) is 5.06. The number of nitrogens with one attached hydrogen (secondary N) is 4. The highest BCUT2D eigenvalue weighted by Crippen LogP contribution is 2.24. The van der Waals surface area contributed by atoms with E-state index in [-0.39, 0.29) is 12.1 Å². The van der Waals surface area contributed by atoms with E-state index < -0.39 is 0 Å². The summed E-state index contributed by atoms with van der Waals surface area (Å²) in [6.45, 7) is 6.66. The molecule has 2 heterocycles. The first kappa shape index (κ1) is 20.3. The monoisotopic (exact) mass is 385 g/mol. The summed E-state index contributed by atoms with van der Waals surface area (Å²) < 4.78 is 0. The number of aromatic nitrogens is 1. The SMILES string of the molecule is C[C@@H]1NC2CCCC[C@H]2NCCN[C@@H]2CCCCC2N[C@H](C)c2cccc1n2. The van der Waals surface area contributed by atoms with Gasteiger partial charge in [-0.25, -0.2) is 0 Å². The van der Waals surface area contributed by atoms with E-state index in [4.69, 9.17) is 4.98 Å². The van der Waals surface area contributed by atoms with Gasteiger partial charge < -0.3 is 21.3 Å². The van der Waals surface area contributed by atoms with Gasteiger partial charge in [-0.15, -0.1) is 0 Å². The number of pyridine rings is 1. The van der Waals surface area contributed by atoms with Gasteiger partial charge in [0.05, 0.1) is 11.4 Å². The molecule has 2 aliphatic carbocycles. The predicted octanol–water partition coefficient (Wildman–Crippen LogP) is 3.20. The average Bonchev–Trinajstić information content (AvgIpc) is 2.73. The molecule has 0 amide bonds. The van der Waals surface area contributed by atoms with Crippen molar-refractivity contribution in [1.82, 2.24) is 26.3 Å². The van der Waals surface area contributed by atoms with E-state index in [9.17, 15) is 0 Å². The minimum absolute atomic E-state index is 0.283. The molecule has 6 atom stereocenters. The van der Waals surface area contributed by atoms with Crippen LogP contribution in [0.1, 0.15) is 88.7 Å². The van der Waals surface area contributed by atoms with Gasteiger partial charge >= 0.3 is 0 Å². The molecule has 0 aromatic carbocycles. The molecule has 1 aromatic heterocycles. The van der Waals surface area contributed by atoms with E-state index in [2.05, 4.69) is 53.3 Å². The van der Waals surface area contributed by atoms with Gasteiger partial charge in [0.25, 0.3) is 0 Å². The molecule has 1 aromatic rings. The Balaban J connectivity index is 1.56. The lowest BCUT2D eigenvalue weighted by Gasteiger charge is -2.36. The van der Waals surface area contributed by atoms with Crippen molar-refractivity contribution in [2.24, 2.45) is 0 Å². The highest BCUT2D eigenvalue weighted by Gasteiger charge is 2.29. The van der Waals surface area contributed by atoms with Gasteiger partial charge in [-0.05, 0) is 51.7 Å². The number of nitrogens with zero attached hydrogens (tertiary/aromatic N) is 1. The Kier molecular flexibility index (Phi) is 6.99. The van der Waals surface area contributed by atoms with Crippen molar-refractivity contribution in [2.45, 2.75) is 101 Å². The lowest BCUT2D eigenvalue weighted by atomic mass is 9.89. The Bertz CT molecular complexity index is 572. The summed E-state index contributed by atoms with van der Waals surface area (Å²) >= 11 is 0. The highest BCUT2D eigenvalue weighted by molar-refractivity contribution is 5.17. The maximum Gasteiger partial charge on any atom is 0.0574 e. The zero-order valence-electron chi connectivity index (χ0n) is 17.7. The Labute approximate surface area is 170 Å². The Morgan fingerprint density at radius 1 is 0.679 bits per heavy atom. The van der Waals surface area contributed by atoms with Crippen LogP contribution < -0.4 is 21.3 Å². The van der Waals surface area contributed by atoms with Crippen LogP contribution >= 0.6 is 0 Å². The molecule has 2 unspecified atom stereocenters. The van der Waals surface area contributed by atoms with E-state index in [0.717, 1.165) is 13.1 Å². The molecule has 0 spiro atoms. The minimum Gasteiger partial charge on any atom is -0.311 e. The largest absolute Gasteiger partial charge is 0.311 e. The van der Waals surface area contributed by atoms with Gasteiger partial charge in [-0.3, -0.25) is 4.98 Å². The summed E-state index contributed by atoms with van der Waals surface area (Å²) in [5.41, 5.74) is 2.34. The third-order valence-corrected chi connectivity index (χ3v) is 7.08. The summed E-state index contributed by atoms with van der Waals surface area (Å²) in [5.74, 6) is 0. The maximum atomic E-state index is 5.06. The molecule has 0 saturated heterocycles. The molecule has 3 aliphatic rings. The molecule has 4 N–H and O–H groups in total. The van der Waals surface area contributed by atoms with Crippen molar-refractivity contribution in [3.05, 3.63) is 29.6 Å². The van der Waals surface area contributed by atoms with E-state index in [1.165, 1.54) is 62.8 Å². The van der Waals surface area contributed by atoms with E-state index >= 15 is 0 Å². The standard InChI is InChI=1S/C23H39N5/c1-16-18-12-7-13-19(28-18)17(2)27-23-11-6-4-9-21(23)25-15-14-24-20-8-3-5-10-22(20)26-16/h7,12-13,16-17,20-27H,3-6,8-11,14-15H2,1-2H3/t16-,17+,20-,21-,22?,23?/m1/s1. The number of hydrogen-bond acceptors (Lipinski definition) is 5. The van der Waals surface area contributed by atoms with Crippen LogP contribution in [0.4, 0.5) is 0 Å². The molecule has 156 valence electrons. The maximum absolute atomic E-state index is 5.06. The highest BCUT2D eigenvalue weighted by atomic mass is 15.1. The number of hydrogen-bond donors (Lipinski definition) is 4. The van der Waals surface area contributed by atoms with Crippen LogP contribution in [0.25, 0.3) is 0 Å². The molecule has 28 heavy (non-hydrogen) atoms. The quantitative estimate of drug-likeness (QED) is 0.552. The Morgan fingerprint density at radius 2 is 1.11 bits per heavy atom. The third-order valence-electron chi connectivity index (χ3n) is 7.08. The molecule has 2 bridgehead atoms. The molecule has 1 aliphatic heterocycles. The van der Waals surface area contributed by atoms with Gasteiger partial charge in [-0.1, -0.05) is 31.7 Å². The Hall–Kier alpha value is -1.01. The first-order chi connectivity index (χ1) is 13.7. The zero-order valence-corrected chi connectivity index (χ0v) is 17.7. The van der Waals surface area contributed by atoms with Crippen molar-refractivity contribution < 1.29 is 0 Å². The molecule has 5 heteroatoms. The van der Waals surface area contributed by atoms with Crippen LogP contribution in [-0.4, -0.2) is 42.2 Å². The fraction of sp³-hybridized carbons (Fsp3) is 0.783. The van der Waals surface area contributed by atoms with Crippen LogP contribution in [0.3, 0.4) is 0 Å². The first-order valence-electron chi connectivity index (χ1n) is 11.7. The van der Waals surface area contributed by atoms with E-state index in [1.807, 2.05) is 0 Å². The van der Waals surface area contributed by atoms with Crippen LogP contribution in [0.2, 0.25) is 0 Å². The van der Waals surface area contributed by atoms with Gasteiger partial charge in [0.1, 0.15) is 0 Å². The lowest BCUT2D eigenvalue weighted by Crippen LogP contribution is -2.54. The molecule has 2 fully saturated rings. The van der Waals surface area contributed by atoms with Crippen molar-refractivity contribution in [2.75, 3.05) is 13.1 Å². The molecule has 2 saturated carbocycles. The predicted molar refractivity (Wildman–Crippen MR) is 115 cm³/mol. The topological polar surface area (TPSA) is 61.0 Å². The summed E-state index contributed by atoms with van der Waals surface area (Å²) in [5, 5.41) is 15.5. The zero-order chi connectivity index (χ0) is 19.3. The van der Waals surface area contributed by atoms with E-state index in [1.54, 1.807) is 0 Å². The van der Waals surface area contributed by atoms with Crippen LogP contribution in [0, 0.1) is 0 Å². The van der Waals surface area contributed by atoms with E-state index in [0.29, 0.717) is 24.2 Å². The summed E-state index contributed by atoms with van der Waals surface area (Å²) in [6.07, 6.45) is 10.4. The second-order valence-corrected chi connectivity index (χ2v) is 9.17. The smallest absolute Gasteiger partial charge is 0.0574 e. The normalized spacial score (nSPS) is 37.8. The Morgan fingerprint density at radius 3 is 1.57 bits per heavy atom. The van der Waals surface area contributed by atoms with Crippen molar-refractivity contribution in [3.63, 3.8) is 0 Å². The van der Waals surface area contributed by atoms with Crippen LogP contribution in [0.5, 0.6) is 0 Å². The second-order valence-electron chi connectivity index (χ2n) is 9.17. The van der Waals surface area contributed by atoms with Gasteiger partial charge in [0, 0.05) is 49.3 Å². The van der Waals surface area contributed by atoms with Gasteiger partial charge in [0.15, 0.2) is 0 Å². The number of fused-ring (bicyclic) bond motifs is 4. The summed E-state index contributed by atoms with van der Waals surface area (Å²) in [6, 6.07) is 9.34. The van der Waals surface area contributed by atoms with Crippen molar-refractivity contribution >= 4 is 0 Å². The molecule has 0 radical (unpaired) electrons. The van der Waals surface area contributed by atoms with Crippen molar-refractivity contribution in [3.8, 4) is 0 Å². The third kappa shape index (κ3) is 4.93. The van der Waals surface area contributed by atoms with Crippen molar-refractivity contribution in [1.29, 1.82) is 0 Å².